The molecule has 0 fully saturated rings. The number of halogens is 1. The van der Waals surface area contributed by atoms with Gasteiger partial charge in [-0.25, -0.2) is 9.18 Å². The second kappa shape index (κ2) is 5.71. The molecule has 0 spiro atoms. The number of alkyl halides is 1. The summed E-state index contributed by atoms with van der Waals surface area (Å²) in [5, 5.41) is 11.8. The summed E-state index contributed by atoms with van der Waals surface area (Å²) in [6.45, 7) is -1.15. The Labute approximate surface area is 126 Å². The van der Waals surface area contributed by atoms with E-state index in [1.165, 1.54) is 0 Å². The van der Waals surface area contributed by atoms with Crippen LogP contribution < -0.4 is 5.32 Å². The topological polar surface area (TPSA) is 79.3 Å². The molecule has 2 N–H and O–H groups in total. The van der Waals surface area contributed by atoms with Crippen molar-refractivity contribution in [3.63, 3.8) is 0 Å². The molecule has 0 aliphatic heterocycles. The Hall–Kier alpha value is -2.50. The summed E-state index contributed by atoms with van der Waals surface area (Å²) >= 11 is 0. The third-order valence-electron chi connectivity index (χ3n) is 3.90. The molecule has 5 nitrogen and oxygen atoms in total. The minimum absolute atomic E-state index is 0.429. The average Bonchev–Trinajstić information content (AvgIpc) is 2.97. The molecule has 1 aliphatic carbocycles. The lowest BCUT2D eigenvalue weighted by Crippen LogP contribution is -2.42. The number of pyridine rings is 1. The van der Waals surface area contributed by atoms with E-state index in [-0.39, 0.29) is 0 Å². The zero-order chi connectivity index (χ0) is 15.7. The number of aromatic nitrogens is 1. The predicted molar refractivity (Wildman–Crippen MR) is 78.6 cm³/mol. The number of carbonyl (C=O) groups is 2. The molecule has 3 rings (SSSR count). The number of hydrogen-bond donors (Lipinski definition) is 2. The number of carboxylic acid groups (broad SMARTS) is 1. The van der Waals surface area contributed by atoms with Crippen molar-refractivity contribution in [3.05, 3.63) is 41.1 Å². The molecule has 114 valence electrons. The van der Waals surface area contributed by atoms with Crippen LogP contribution in [0.1, 0.15) is 28.0 Å². The zero-order valence-electron chi connectivity index (χ0n) is 11.8. The molecule has 1 aromatic heterocycles. The highest BCUT2D eigenvalue weighted by Gasteiger charge is 2.27. The fraction of sp³-hybridized carbons (Fsp3) is 0.312. The first-order valence-electron chi connectivity index (χ1n) is 7.12. The van der Waals surface area contributed by atoms with Gasteiger partial charge in [-0.15, -0.1) is 0 Å². The summed E-state index contributed by atoms with van der Waals surface area (Å²) in [4.78, 5) is 28.0. The molecule has 1 atom stereocenters. The lowest BCUT2D eigenvalue weighted by molar-refractivity contribution is -0.139. The normalized spacial score (nSPS) is 14.6. The molecule has 1 aromatic carbocycles. The van der Waals surface area contributed by atoms with Crippen LogP contribution >= 0.6 is 0 Å². The minimum atomic E-state index is -1.53. The van der Waals surface area contributed by atoms with Crippen molar-refractivity contribution >= 4 is 22.8 Å². The number of carbonyl (C=O) groups excluding carboxylic acids is 1. The van der Waals surface area contributed by atoms with Gasteiger partial charge in [0.1, 0.15) is 6.67 Å². The van der Waals surface area contributed by atoms with Crippen LogP contribution in [-0.4, -0.2) is 34.7 Å². The molecule has 0 saturated heterocycles. The van der Waals surface area contributed by atoms with Crippen molar-refractivity contribution in [2.75, 3.05) is 6.67 Å². The maximum Gasteiger partial charge on any atom is 0.328 e. The number of carboxylic acids is 1. The molecule has 1 amide bonds. The van der Waals surface area contributed by atoms with Crippen LogP contribution in [0.4, 0.5) is 4.39 Å². The van der Waals surface area contributed by atoms with Crippen molar-refractivity contribution in [1.82, 2.24) is 10.3 Å². The number of aliphatic carboxylic acids is 1. The summed E-state index contributed by atoms with van der Waals surface area (Å²) in [5.74, 6) is -1.94. The summed E-state index contributed by atoms with van der Waals surface area (Å²) in [5.41, 5.74) is 2.84. The van der Waals surface area contributed by atoms with Gasteiger partial charge < -0.3 is 10.4 Å². The van der Waals surface area contributed by atoms with Crippen LogP contribution in [0.2, 0.25) is 0 Å². The standard InChI is InChI=1S/C16H15FN2O3/c17-8-13(16(21)22)19-15(20)14-9-4-1-2-6-11(9)18-12-7-3-5-10(12)14/h1-2,4,6,13H,3,5,7-8H2,(H,19,20)(H,21,22). The molecule has 1 aliphatic rings. The lowest BCUT2D eigenvalue weighted by atomic mass is 10.0. The first kappa shape index (κ1) is 14.4. The molecule has 0 radical (unpaired) electrons. The van der Waals surface area contributed by atoms with Gasteiger partial charge in [0.2, 0.25) is 0 Å². The first-order valence-corrected chi connectivity index (χ1v) is 7.12. The van der Waals surface area contributed by atoms with E-state index in [4.69, 9.17) is 5.11 Å². The van der Waals surface area contributed by atoms with Crippen LogP contribution in [0.3, 0.4) is 0 Å². The lowest BCUT2D eigenvalue weighted by Gasteiger charge is -2.15. The molecular formula is C16H15FN2O3. The van der Waals surface area contributed by atoms with Crippen molar-refractivity contribution in [2.45, 2.75) is 25.3 Å². The summed E-state index contributed by atoms with van der Waals surface area (Å²) < 4.78 is 12.8. The van der Waals surface area contributed by atoms with Crippen LogP contribution in [0, 0.1) is 0 Å². The number of amides is 1. The number of benzene rings is 1. The number of fused-ring (bicyclic) bond motifs is 2. The summed E-state index contributed by atoms with van der Waals surface area (Å²) in [6, 6.07) is 5.69. The molecule has 0 bridgehead atoms. The minimum Gasteiger partial charge on any atom is -0.480 e. The summed E-state index contributed by atoms with van der Waals surface area (Å²) in [6.07, 6.45) is 2.43. The molecule has 6 heteroatoms. The Morgan fingerprint density at radius 2 is 2.09 bits per heavy atom. The van der Waals surface area contributed by atoms with E-state index < -0.39 is 24.6 Å². The van der Waals surface area contributed by atoms with E-state index in [9.17, 15) is 14.0 Å². The van der Waals surface area contributed by atoms with Gasteiger partial charge in [0.15, 0.2) is 6.04 Å². The highest BCUT2D eigenvalue weighted by Crippen LogP contribution is 2.29. The molecule has 2 aromatic rings. The maximum absolute atomic E-state index is 12.8. The zero-order valence-corrected chi connectivity index (χ0v) is 11.8. The molecule has 22 heavy (non-hydrogen) atoms. The second-order valence-corrected chi connectivity index (χ2v) is 5.30. The van der Waals surface area contributed by atoms with Gasteiger partial charge in [-0.05, 0) is 30.9 Å². The highest BCUT2D eigenvalue weighted by atomic mass is 19.1. The smallest absolute Gasteiger partial charge is 0.328 e. The van der Waals surface area contributed by atoms with E-state index in [0.29, 0.717) is 16.5 Å². The maximum atomic E-state index is 12.8. The Bertz CT molecular complexity index is 760. The van der Waals surface area contributed by atoms with Gasteiger partial charge in [0.05, 0.1) is 11.1 Å². The molecular weight excluding hydrogens is 287 g/mol. The van der Waals surface area contributed by atoms with Crippen molar-refractivity contribution in [3.8, 4) is 0 Å². The van der Waals surface area contributed by atoms with Crippen molar-refractivity contribution in [2.24, 2.45) is 0 Å². The van der Waals surface area contributed by atoms with Crippen LogP contribution in [0.25, 0.3) is 10.9 Å². The Morgan fingerprint density at radius 1 is 1.32 bits per heavy atom. The second-order valence-electron chi connectivity index (χ2n) is 5.30. The van der Waals surface area contributed by atoms with Crippen molar-refractivity contribution in [1.29, 1.82) is 0 Å². The molecule has 0 saturated carbocycles. The Balaban J connectivity index is 2.09. The fourth-order valence-corrected chi connectivity index (χ4v) is 2.87. The summed E-state index contributed by atoms with van der Waals surface area (Å²) in [7, 11) is 0. The number of rotatable bonds is 4. The number of nitrogens with one attached hydrogen (secondary N) is 1. The Morgan fingerprint density at radius 3 is 2.82 bits per heavy atom. The quantitative estimate of drug-likeness (QED) is 0.903. The number of hydrogen-bond acceptors (Lipinski definition) is 3. The van der Waals surface area contributed by atoms with Gasteiger partial charge in [0.25, 0.3) is 5.91 Å². The van der Waals surface area contributed by atoms with E-state index in [0.717, 1.165) is 30.5 Å². The van der Waals surface area contributed by atoms with Gasteiger partial charge in [-0.2, -0.15) is 0 Å². The van der Waals surface area contributed by atoms with Gasteiger partial charge in [0, 0.05) is 11.1 Å². The van der Waals surface area contributed by atoms with Crippen molar-refractivity contribution < 1.29 is 19.1 Å². The van der Waals surface area contributed by atoms with Crippen LogP contribution in [0.5, 0.6) is 0 Å². The van der Waals surface area contributed by atoms with E-state index in [1.807, 2.05) is 12.1 Å². The number of para-hydroxylation sites is 1. The molecule has 1 heterocycles. The van der Waals surface area contributed by atoms with E-state index in [2.05, 4.69) is 10.3 Å². The number of nitrogens with zero attached hydrogens (tertiary/aromatic N) is 1. The third-order valence-corrected chi connectivity index (χ3v) is 3.90. The van der Waals surface area contributed by atoms with Crippen LogP contribution in [-0.2, 0) is 17.6 Å². The van der Waals surface area contributed by atoms with Gasteiger partial charge in [-0.3, -0.25) is 9.78 Å². The van der Waals surface area contributed by atoms with Gasteiger partial charge in [-0.1, -0.05) is 18.2 Å². The predicted octanol–water partition coefficient (Wildman–Crippen LogP) is 1.88. The average molecular weight is 302 g/mol. The molecule has 1 unspecified atom stereocenters. The monoisotopic (exact) mass is 302 g/mol. The highest BCUT2D eigenvalue weighted by molar-refractivity contribution is 6.08. The van der Waals surface area contributed by atoms with E-state index >= 15 is 0 Å². The van der Waals surface area contributed by atoms with Crippen LogP contribution in [0.15, 0.2) is 24.3 Å². The fourth-order valence-electron chi connectivity index (χ4n) is 2.87. The van der Waals surface area contributed by atoms with E-state index in [1.54, 1.807) is 12.1 Å². The SMILES string of the molecule is O=C(NC(CF)C(=O)O)c1c2c(nc3ccccc13)CCC2. The van der Waals surface area contributed by atoms with Gasteiger partial charge >= 0.3 is 5.97 Å². The Kier molecular flexibility index (Phi) is 3.75. The number of aryl methyl sites for hydroxylation is 1. The first-order chi connectivity index (χ1) is 10.6. The third kappa shape index (κ3) is 2.41. The largest absolute Gasteiger partial charge is 0.480 e.